The topological polar surface area (TPSA) is 60.7 Å². The van der Waals surface area contributed by atoms with Crippen LogP contribution in [0, 0.1) is 17.8 Å². The molecular weight excluding hydrogens is 360 g/mol. The van der Waals surface area contributed by atoms with Crippen LogP contribution in [0.3, 0.4) is 0 Å². The minimum absolute atomic E-state index is 0.0597. The standard InChI is InChI=1S/C26H42O3/c1-4-5-6-7-14-26(2,3)20-10-12-23(24(29)16-20)25-19(17-27)9-8-18-15-21(28)11-13-22(18)25/h10,12,16,18-19,21-22,25,27-29H,4-9,11,13-15,17H2,1-3H3. The van der Waals surface area contributed by atoms with Gasteiger partial charge in [-0.25, -0.2) is 0 Å². The first kappa shape index (κ1) is 22.6. The van der Waals surface area contributed by atoms with Crippen LogP contribution in [0.1, 0.15) is 102 Å². The number of benzene rings is 1. The molecule has 3 N–H and O–H groups in total. The van der Waals surface area contributed by atoms with Gasteiger partial charge in [-0.3, -0.25) is 0 Å². The zero-order chi connectivity index (χ0) is 21.0. The van der Waals surface area contributed by atoms with Crippen LogP contribution in [0.5, 0.6) is 5.75 Å². The van der Waals surface area contributed by atoms with Gasteiger partial charge in [0.1, 0.15) is 5.75 Å². The molecule has 164 valence electrons. The minimum atomic E-state index is -0.174. The Morgan fingerprint density at radius 1 is 1.03 bits per heavy atom. The molecule has 0 amide bonds. The van der Waals surface area contributed by atoms with E-state index in [0.29, 0.717) is 17.6 Å². The lowest BCUT2D eigenvalue weighted by Gasteiger charge is -2.47. The summed E-state index contributed by atoms with van der Waals surface area (Å²) in [6, 6.07) is 6.34. The second kappa shape index (κ2) is 9.83. The maximum Gasteiger partial charge on any atom is 0.119 e. The van der Waals surface area contributed by atoms with Crippen LogP contribution in [-0.2, 0) is 5.41 Å². The van der Waals surface area contributed by atoms with Crippen molar-refractivity contribution in [1.29, 1.82) is 0 Å². The minimum Gasteiger partial charge on any atom is -0.508 e. The van der Waals surface area contributed by atoms with Gasteiger partial charge in [-0.2, -0.15) is 0 Å². The molecule has 0 saturated heterocycles. The molecule has 29 heavy (non-hydrogen) atoms. The Bertz CT molecular complexity index is 653. The lowest BCUT2D eigenvalue weighted by Crippen LogP contribution is -2.39. The predicted molar refractivity (Wildman–Crippen MR) is 119 cm³/mol. The molecule has 3 heteroatoms. The smallest absolute Gasteiger partial charge is 0.119 e. The first-order valence-electron chi connectivity index (χ1n) is 12.0. The summed E-state index contributed by atoms with van der Waals surface area (Å²) >= 11 is 0. The van der Waals surface area contributed by atoms with E-state index < -0.39 is 0 Å². The number of aliphatic hydroxyl groups excluding tert-OH is 2. The van der Waals surface area contributed by atoms with Crippen LogP contribution >= 0.6 is 0 Å². The molecule has 2 aliphatic rings. The van der Waals surface area contributed by atoms with Gasteiger partial charge in [0.15, 0.2) is 0 Å². The van der Waals surface area contributed by atoms with Crippen molar-refractivity contribution in [3.8, 4) is 5.75 Å². The van der Waals surface area contributed by atoms with Crippen molar-refractivity contribution in [3.63, 3.8) is 0 Å². The fraction of sp³-hybridized carbons (Fsp3) is 0.769. The van der Waals surface area contributed by atoms with E-state index in [0.717, 1.165) is 44.1 Å². The normalized spacial score (nSPS) is 30.2. The summed E-state index contributed by atoms with van der Waals surface area (Å²) in [6.45, 7) is 6.98. The van der Waals surface area contributed by atoms with Crippen molar-refractivity contribution < 1.29 is 15.3 Å². The first-order chi connectivity index (χ1) is 13.9. The molecule has 5 atom stereocenters. The summed E-state index contributed by atoms with van der Waals surface area (Å²) < 4.78 is 0. The summed E-state index contributed by atoms with van der Waals surface area (Å²) in [5.74, 6) is 1.79. The van der Waals surface area contributed by atoms with Crippen LogP contribution in [0.25, 0.3) is 0 Å². The summed E-state index contributed by atoms with van der Waals surface area (Å²) in [6.07, 6.45) is 10.8. The van der Waals surface area contributed by atoms with E-state index >= 15 is 0 Å². The van der Waals surface area contributed by atoms with E-state index in [1.165, 1.54) is 31.2 Å². The highest BCUT2D eigenvalue weighted by Crippen LogP contribution is 2.52. The van der Waals surface area contributed by atoms with E-state index in [1.807, 2.05) is 6.07 Å². The Morgan fingerprint density at radius 3 is 2.52 bits per heavy atom. The predicted octanol–water partition coefficient (Wildman–Crippen LogP) is 5.90. The molecule has 2 aliphatic carbocycles. The number of hydrogen-bond donors (Lipinski definition) is 3. The quantitative estimate of drug-likeness (QED) is 0.474. The number of unbranched alkanes of at least 4 members (excludes halogenated alkanes) is 3. The number of aliphatic hydroxyl groups is 2. The third kappa shape index (κ3) is 5.17. The summed E-state index contributed by atoms with van der Waals surface area (Å²) in [5.41, 5.74) is 2.28. The molecule has 2 fully saturated rings. The van der Waals surface area contributed by atoms with Crippen molar-refractivity contribution in [1.82, 2.24) is 0 Å². The molecule has 1 aromatic carbocycles. The Hall–Kier alpha value is -1.06. The SMILES string of the molecule is CCCCCCC(C)(C)c1ccc(C2C(CO)CCC3CC(O)CCC32)c(O)c1. The van der Waals surface area contributed by atoms with Crippen LogP contribution in [0.15, 0.2) is 18.2 Å². The third-order valence-corrected chi connectivity index (χ3v) is 7.95. The molecule has 0 heterocycles. The van der Waals surface area contributed by atoms with Gasteiger partial charge in [-0.15, -0.1) is 0 Å². The van der Waals surface area contributed by atoms with Crippen molar-refractivity contribution >= 4 is 0 Å². The van der Waals surface area contributed by atoms with Gasteiger partial charge < -0.3 is 15.3 Å². The van der Waals surface area contributed by atoms with Crippen LogP contribution in [-0.4, -0.2) is 28.0 Å². The van der Waals surface area contributed by atoms with Gasteiger partial charge in [0.05, 0.1) is 6.10 Å². The van der Waals surface area contributed by atoms with Gasteiger partial charge in [-0.1, -0.05) is 58.6 Å². The van der Waals surface area contributed by atoms with E-state index in [-0.39, 0.29) is 30.0 Å². The summed E-state index contributed by atoms with van der Waals surface area (Å²) in [7, 11) is 0. The molecular formula is C26H42O3. The van der Waals surface area contributed by atoms with Crippen LogP contribution in [0.4, 0.5) is 0 Å². The maximum atomic E-state index is 11.0. The number of phenols is 1. The van der Waals surface area contributed by atoms with Crippen molar-refractivity contribution in [3.05, 3.63) is 29.3 Å². The molecule has 2 saturated carbocycles. The molecule has 0 spiro atoms. The highest BCUT2D eigenvalue weighted by molar-refractivity contribution is 5.42. The van der Waals surface area contributed by atoms with Crippen molar-refractivity contribution in [2.45, 2.75) is 102 Å². The van der Waals surface area contributed by atoms with Gasteiger partial charge in [-0.05, 0) is 84.8 Å². The van der Waals surface area contributed by atoms with Gasteiger partial charge in [0.2, 0.25) is 0 Å². The average Bonchev–Trinajstić information content (AvgIpc) is 2.70. The van der Waals surface area contributed by atoms with Crippen LogP contribution in [0.2, 0.25) is 0 Å². The highest BCUT2D eigenvalue weighted by Gasteiger charge is 2.43. The number of aromatic hydroxyl groups is 1. The number of phenolic OH excluding ortho intramolecular Hbond substituents is 1. The Balaban J connectivity index is 1.80. The molecule has 0 aliphatic heterocycles. The molecule has 1 aromatic rings. The Kier molecular flexibility index (Phi) is 7.67. The number of rotatable bonds is 8. The maximum absolute atomic E-state index is 11.0. The molecule has 3 rings (SSSR count). The van der Waals surface area contributed by atoms with E-state index in [2.05, 4.69) is 32.9 Å². The molecule has 0 radical (unpaired) electrons. The van der Waals surface area contributed by atoms with Gasteiger partial charge in [0, 0.05) is 6.61 Å². The highest BCUT2D eigenvalue weighted by atomic mass is 16.3. The first-order valence-corrected chi connectivity index (χ1v) is 12.0. The van der Waals surface area contributed by atoms with E-state index in [1.54, 1.807) is 0 Å². The zero-order valence-corrected chi connectivity index (χ0v) is 18.7. The summed E-state index contributed by atoms with van der Waals surface area (Å²) in [4.78, 5) is 0. The number of hydrogen-bond acceptors (Lipinski definition) is 3. The lowest BCUT2D eigenvalue weighted by atomic mass is 9.59. The molecule has 5 unspecified atom stereocenters. The fourth-order valence-corrected chi connectivity index (χ4v) is 6.10. The van der Waals surface area contributed by atoms with Crippen molar-refractivity contribution in [2.24, 2.45) is 17.8 Å². The number of fused-ring (bicyclic) bond motifs is 1. The Labute approximate surface area is 177 Å². The lowest BCUT2D eigenvalue weighted by molar-refractivity contribution is 0.00929. The molecule has 0 aromatic heterocycles. The van der Waals surface area contributed by atoms with E-state index in [9.17, 15) is 15.3 Å². The third-order valence-electron chi connectivity index (χ3n) is 7.95. The zero-order valence-electron chi connectivity index (χ0n) is 18.7. The largest absolute Gasteiger partial charge is 0.508 e. The van der Waals surface area contributed by atoms with Crippen LogP contribution < -0.4 is 0 Å². The molecule has 0 bridgehead atoms. The molecule has 3 nitrogen and oxygen atoms in total. The van der Waals surface area contributed by atoms with Gasteiger partial charge >= 0.3 is 0 Å². The monoisotopic (exact) mass is 402 g/mol. The fourth-order valence-electron chi connectivity index (χ4n) is 6.10. The summed E-state index contributed by atoms with van der Waals surface area (Å²) in [5, 5.41) is 31.2. The van der Waals surface area contributed by atoms with Gasteiger partial charge in [0.25, 0.3) is 0 Å². The Morgan fingerprint density at radius 2 is 1.83 bits per heavy atom. The van der Waals surface area contributed by atoms with E-state index in [4.69, 9.17) is 0 Å². The second-order valence-corrected chi connectivity index (χ2v) is 10.4. The average molecular weight is 403 g/mol. The second-order valence-electron chi connectivity index (χ2n) is 10.4. The van der Waals surface area contributed by atoms with Crippen molar-refractivity contribution in [2.75, 3.05) is 6.61 Å².